The number of hydrogen-bond acceptors (Lipinski definition) is 4. The standard InChI is InChI=1S/C13H20ClNO3S/c1-10(6-7-16)8-15-9-11-12(14)4-3-5-13(11)19(2,17)18/h3-5,10,15-16H,6-9H2,1-2H3. The van der Waals surface area contributed by atoms with Crippen LogP contribution in [-0.2, 0) is 16.4 Å². The second-order valence-electron chi connectivity index (χ2n) is 4.74. The van der Waals surface area contributed by atoms with Gasteiger partial charge in [-0.2, -0.15) is 0 Å². The van der Waals surface area contributed by atoms with E-state index in [1.807, 2.05) is 6.92 Å². The van der Waals surface area contributed by atoms with Crippen molar-refractivity contribution >= 4 is 21.4 Å². The van der Waals surface area contributed by atoms with E-state index in [1.165, 1.54) is 6.26 Å². The largest absolute Gasteiger partial charge is 0.396 e. The van der Waals surface area contributed by atoms with E-state index >= 15 is 0 Å². The summed E-state index contributed by atoms with van der Waals surface area (Å²) in [6.07, 6.45) is 1.89. The molecule has 19 heavy (non-hydrogen) atoms. The van der Waals surface area contributed by atoms with Crippen LogP contribution in [0.2, 0.25) is 5.02 Å². The Hall–Kier alpha value is -0.620. The van der Waals surface area contributed by atoms with Gasteiger partial charge in [0, 0.05) is 30.0 Å². The molecule has 0 aliphatic carbocycles. The lowest BCUT2D eigenvalue weighted by atomic mass is 10.1. The molecule has 1 atom stereocenters. The Morgan fingerprint density at radius 3 is 2.68 bits per heavy atom. The van der Waals surface area contributed by atoms with Crippen molar-refractivity contribution in [2.75, 3.05) is 19.4 Å². The normalized spacial score (nSPS) is 13.5. The van der Waals surface area contributed by atoms with E-state index in [9.17, 15) is 8.42 Å². The molecule has 0 saturated heterocycles. The highest BCUT2D eigenvalue weighted by molar-refractivity contribution is 7.90. The molecule has 0 amide bonds. The molecule has 0 aromatic heterocycles. The molecular formula is C13H20ClNO3S. The molecule has 1 aromatic rings. The average Bonchev–Trinajstić information content (AvgIpc) is 2.30. The van der Waals surface area contributed by atoms with Crippen molar-refractivity contribution in [1.29, 1.82) is 0 Å². The van der Waals surface area contributed by atoms with E-state index in [0.29, 0.717) is 36.0 Å². The minimum absolute atomic E-state index is 0.156. The average molecular weight is 306 g/mol. The summed E-state index contributed by atoms with van der Waals surface area (Å²) >= 11 is 6.07. The van der Waals surface area contributed by atoms with E-state index in [1.54, 1.807) is 18.2 Å². The Balaban J connectivity index is 2.78. The maximum absolute atomic E-state index is 11.7. The van der Waals surface area contributed by atoms with Gasteiger partial charge in [0.05, 0.1) is 4.90 Å². The first kappa shape index (κ1) is 16.4. The zero-order valence-corrected chi connectivity index (χ0v) is 12.8. The van der Waals surface area contributed by atoms with Crippen molar-refractivity contribution in [2.24, 2.45) is 5.92 Å². The Morgan fingerprint density at radius 1 is 1.42 bits per heavy atom. The molecule has 0 heterocycles. The van der Waals surface area contributed by atoms with Gasteiger partial charge in [-0.3, -0.25) is 0 Å². The Bertz CT molecular complexity index is 517. The van der Waals surface area contributed by atoms with Crippen molar-refractivity contribution in [3.63, 3.8) is 0 Å². The molecule has 0 aliphatic heterocycles. The Labute approximate surface area is 119 Å². The highest BCUT2D eigenvalue weighted by atomic mass is 35.5. The van der Waals surface area contributed by atoms with Gasteiger partial charge in [0.1, 0.15) is 0 Å². The smallest absolute Gasteiger partial charge is 0.175 e. The first-order chi connectivity index (χ1) is 8.86. The van der Waals surface area contributed by atoms with E-state index in [-0.39, 0.29) is 11.5 Å². The quantitative estimate of drug-likeness (QED) is 0.807. The number of nitrogens with one attached hydrogen (secondary N) is 1. The summed E-state index contributed by atoms with van der Waals surface area (Å²) in [6, 6.07) is 4.89. The van der Waals surface area contributed by atoms with E-state index in [0.717, 1.165) is 0 Å². The molecule has 0 aliphatic rings. The first-order valence-corrected chi connectivity index (χ1v) is 8.42. The maximum Gasteiger partial charge on any atom is 0.175 e. The van der Waals surface area contributed by atoms with Crippen LogP contribution in [0.15, 0.2) is 23.1 Å². The number of halogens is 1. The highest BCUT2D eigenvalue weighted by Gasteiger charge is 2.15. The molecular weight excluding hydrogens is 286 g/mol. The third kappa shape index (κ3) is 5.10. The monoisotopic (exact) mass is 305 g/mol. The molecule has 4 nitrogen and oxygen atoms in total. The lowest BCUT2D eigenvalue weighted by molar-refractivity contribution is 0.260. The zero-order chi connectivity index (χ0) is 14.5. The molecule has 0 radical (unpaired) electrons. The van der Waals surface area contributed by atoms with Crippen LogP contribution >= 0.6 is 11.6 Å². The SMILES string of the molecule is CC(CCO)CNCc1c(Cl)cccc1S(C)(=O)=O. The first-order valence-electron chi connectivity index (χ1n) is 6.15. The van der Waals surface area contributed by atoms with Gasteiger partial charge in [-0.1, -0.05) is 24.6 Å². The summed E-state index contributed by atoms with van der Waals surface area (Å²) < 4.78 is 23.4. The van der Waals surface area contributed by atoms with Crippen LogP contribution in [0.4, 0.5) is 0 Å². The van der Waals surface area contributed by atoms with Crippen molar-refractivity contribution < 1.29 is 13.5 Å². The number of rotatable bonds is 7. The second-order valence-corrected chi connectivity index (χ2v) is 7.13. The van der Waals surface area contributed by atoms with Gasteiger partial charge in [-0.25, -0.2) is 8.42 Å². The van der Waals surface area contributed by atoms with Gasteiger partial charge in [0.15, 0.2) is 9.84 Å². The van der Waals surface area contributed by atoms with E-state index < -0.39 is 9.84 Å². The van der Waals surface area contributed by atoms with E-state index in [4.69, 9.17) is 16.7 Å². The lowest BCUT2D eigenvalue weighted by Gasteiger charge is -2.14. The molecule has 2 N–H and O–H groups in total. The molecule has 0 saturated carbocycles. The summed E-state index contributed by atoms with van der Waals surface area (Å²) in [4.78, 5) is 0.266. The van der Waals surface area contributed by atoms with Crippen LogP contribution < -0.4 is 5.32 Å². The fraction of sp³-hybridized carbons (Fsp3) is 0.538. The Morgan fingerprint density at radius 2 is 2.11 bits per heavy atom. The molecule has 108 valence electrons. The van der Waals surface area contributed by atoms with Gasteiger partial charge in [-0.05, 0) is 31.0 Å². The summed E-state index contributed by atoms with van der Waals surface area (Å²) in [5.74, 6) is 0.328. The number of sulfone groups is 1. The maximum atomic E-state index is 11.7. The Kier molecular flexibility index (Phi) is 6.26. The molecule has 1 rings (SSSR count). The minimum Gasteiger partial charge on any atom is -0.396 e. The third-order valence-corrected chi connectivity index (χ3v) is 4.43. The fourth-order valence-electron chi connectivity index (χ4n) is 1.82. The predicted molar refractivity (Wildman–Crippen MR) is 77.1 cm³/mol. The van der Waals surface area contributed by atoms with Crippen LogP contribution in [0.5, 0.6) is 0 Å². The predicted octanol–water partition coefficient (Wildman–Crippen LogP) is 1.85. The van der Waals surface area contributed by atoms with Gasteiger partial charge < -0.3 is 10.4 Å². The molecule has 1 unspecified atom stereocenters. The molecule has 6 heteroatoms. The minimum atomic E-state index is -3.28. The van der Waals surface area contributed by atoms with Gasteiger partial charge >= 0.3 is 0 Å². The van der Waals surface area contributed by atoms with E-state index in [2.05, 4.69) is 5.32 Å². The summed E-state index contributed by atoms with van der Waals surface area (Å²) in [6.45, 7) is 3.28. The van der Waals surface area contributed by atoms with Crippen molar-refractivity contribution in [3.8, 4) is 0 Å². The van der Waals surface area contributed by atoms with Gasteiger partial charge in [0.25, 0.3) is 0 Å². The van der Waals surface area contributed by atoms with Crippen LogP contribution in [0.1, 0.15) is 18.9 Å². The van der Waals surface area contributed by atoms with Crippen molar-refractivity contribution in [3.05, 3.63) is 28.8 Å². The zero-order valence-electron chi connectivity index (χ0n) is 11.2. The van der Waals surface area contributed by atoms with Crippen molar-refractivity contribution in [2.45, 2.75) is 24.8 Å². The molecule has 1 aromatic carbocycles. The van der Waals surface area contributed by atoms with Crippen molar-refractivity contribution in [1.82, 2.24) is 5.32 Å². The summed E-state index contributed by atoms with van der Waals surface area (Å²) in [5, 5.41) is 12.4. The van der Waals surface area contributed by atoms with Crippen LogP contribution in [0.25, 0.3) is 0 Å². The molecule has 0 fully saturated rings. The lowest BCUT2D eigenvalue weighted by Crippen LogP contribution is -2.22. The van der Waals surface area contributed by atoms with Crippen LogP contribution in [0, 0.1) is 5.92 Å². The third-order valence-electron chi connectivity index (χ3n) is 2.89. The van der Waals surface area contributed by atoms with Gasteiger partial charge in [0.2, 0.25) is 0 Å². The number of benzene rings is 1. The number of aliphatic hydroxyl groups excluding tert-OH is 1. The number of hydrogen-bond donors (Lipinski definition) is 2. The molecule has 0 bridgehead atoms. The van der Waals surface area contributed by atoms with Crippen LogP contribution in [0.3, 0.4) is 0 Å². The second kappa shape index (κ2) is 7.24. The van der Waals surface area contributed by atoms with Gasteiger partial charge in [-0.15, -0.1) is 0 Å². The topological polar surface area (TPSA) is 66.4 Å². The summed E-state index contributed by atoms with van der Waals surface area (Å²) in [5.41, 5.74) is 0.600. The molecule has 0 spiro atoms. The highest BCUT2D eigenvalue weighted by Crippen LogP contribution is 2.23. The van der Waals surface area contributed by atoms with Crippen LogP contribution in [-0.4, -0.2) is 32.9 Å². The number of aliphatic hydroxyl groups is 1. The fourth-order valence-corrected chi connectivity index (χ4v) is 3.08. The summed E-state index contributed by atoms with van der Waals surface area (Å²) in [7, 11) is -3.28.